The average Bonchev–Trinajstić information content (AvgIpc) is 3.44. The summed E-state index contributed by atoms with van der Waals surface area (Å²) in [5.74, 6) is 1.47. The van der Waals surface area contributed by atoms with Crippen molar-refractivity contribution in [3.8, 4) is 22.8 Å². The van der Waals surface area contributed by atoms with Gasteiger partial charge in [-0.3, -0.25) is 0 Å². The fraction of sp³-hybridized carbons (Fsp3) is 0.346. The lowest BCUT2D eigenvalue weighted by atomic mass is 9.90. The summed E-state index contributed by atoms with van der Waals surface area (Å²) < 4.78 is 13.5. The maximum atomic E-state index is 5.49. The molecule has 6 rings (SSSR count). The first-order valence-corrected chi connectivity index (χ1v) is 12.1. The van der Waals surface area contributed by atoms with Gasteiger partial charge in [0.2, 0.25) is 0 Å². The van der Waals surface area contributed by atoms with Gasteiger partial charge in [0.15, 0.2) is 16.6 Å². The van der Waals surface area contributed by atoms with E-state index in [0.29, 0.717) is 6.04 Å². The molecule has 1 aliphatic heterocycles. The summed E-state index contributed by atoms with van der Waals surface area (Å²) in [6.07, 6.45) is 3.60. The zero-order valence-corrected chi connectivity index (χ0v) is 19.5. The van der Waals surface area contributed by atoms with Gasteiger partial charge in [-0.2, -0.15) is 0 Å². The van der Waals surface area contributed by atoms with Gasteiger partial charge in [0, 0.05) is 40.6 Å². The summed E-state index contributed by atoms with van der Waals surface area (Å²) in [6, 6.07) is 13.3. The van der Waals surface area contributed by atoms with Crippen LogP contribution in [0.25, 0.3) is 22.2 Å². The van der Waals surface area contributed by atoms with Crippen molar-refractivity contribution in [1.82, 2.24) is 9.55 Å². The number of fused-ring (bicyclic) bond motifs is 3. The summed E-state index contributed by atoms with van der Waals surface area (Å²) >= 11 is 1.74. The van der Waals surface area contributed by atoms with Gasteiger partial charge in [0.25, 0.3) is 0 Å². The number of rotatable bonds is 4. The molecule has 1 atom stereocenters. The number of hydrogen-bond acceptors (Lipinski definition) is 5. The Balaban J connectivity index is 1.38. The Morgan fingerprint density at radius 2 is 1.91 bits per heavy atom. The Hall–Kier alpha value is -2.99. The minimum Gasteiger partial charge on any atom is -0.493 e. The predicted molar refractivity (Wildman–Crippen MR) is 130 cm³/mol. The SMILES string of the molecule is COc1ccc(-c2csc(N3CCn4c5c(c6cc(C)ccc64)CCCC53)n2)cc1OC. The number of ether oxygens (including phenoxy) is 2. The summed E-state index contributed by atoms with van der Waals surface area (Å²) in [7, 11) is 3.33. The van der Waals surface area contributed by atoms with Crippen LogP contribution in [0, 0.1) is 6.92 Å². The van der Waals surface area contributed by atoms with E-state index in [4.69, 9.17) is 14.5 Å². The van der Waals surface area contributed by atoms with Crippen LogP contribution >= 0.6 is 11.3 Å². The number of anilines is 1. The number of thiazole rings is 1. The first-order chi connectivity index (χ1) is 15.7. The third kappa shape index (κ3) is 2.93. The van der Waals surface area contributed by atoms with Crippen LogP contribution in [-0.4, -0.2) is 30.3 Å². The molecule has 4 aromatic rings. The molecule has 3 heterocycles. The van der Waals surface area contributed by atoms with Gasteiger partial charge in [0.1, 0.15) is 0 Å². The Bertz CT molecular complexity index is 1320. The van der Waals surface area contributed by atoms with E-state index in [2.05, 4.69) is 46.0 Å². The minimum absolute atomic E-state index is 0.407. The zero-order valence-electron chi connectivity index (χ0n) is 18.7. The first kappa shape index (κ1) is 19.7. The molecule has 0 saturated heterocycles. The molecule has 0 fully saturated rings. The maximum absolute atomic E-state index is 5.49. The number of aryl methyl sites for hydroxylation is 2. The fourth-order valence-corrected chi connectivity index (χ4v) is 6.38. The van der Waals surface area contributed by atoms with Crippen molar-refractivity contribution in [2.24, 2.45) is 0 Å². The van der Waals surface area contributed by atoms with Crippen LogP contribution in [0.1, 0.15) is 35.7 Å². The van der Waals surface area contributed by atoms with Crippen molar-refractivity contribution in [3.63, 3.8) is 0 Å². The highest BCUT2D eigenvalue weighted by atomic mass is 32.1. The smallest absolute Gasteiger partial charge is 0.186 e. The molecule has 1 unspecified atom stereocenters. The lowest BCUT2D eigenvalue weighted by Crippen LogP contribution is -2.39. The average molecular weight is 446 g/mol. The highest BCUT2D eigenvalue weighted by Crippen LogP contribution is 2.45. The van der Waals surface area contributed by atoms with Crippen LogP contribution in [0.2, 0.25) is 0 Å². The van der Waals surface area contributed by atoms with Gasteiger partial charge in [-0.1, -0.05) is 11.6 Å². The predicted octanol–water partition coefficient (Wildman–Crippen LogP) is 5.99. The lowest BCUT2D eigenvalue weighted by molar-refractivity contribution is 0.355. The largest absolute Gasteiger partial charge is 0.493 e. The second-order valence-corrected chi connectivity index (χ2v) is 9.56. The highest BCUT2D eigenvalue weighted by molar-refractivity contribution is 7.14. The molecule has 0 saturated carbocycles. The van der Waals surface area contributed by atoms with Gasteiger partial charge in [-0.25, -0.2) is 4.98 Å². The molecule has 6 heteroatoms. The second kappa shape index (κ2) is 7.55. The Labute approximate surface area is 192 Å². The summed E-state index contributed by atoms with van der Waals surface area (Å²) in [6.45, 7) is 4.20. The topological polar surface area (TPSA) is 39.5 Å². The van der Waals surface area contributed by atoms with Crippen LogP contribution in [0.5, 0.6) is 11.5 Å². The van der Waals surface area contributed by atoms with E-state index < -0.39 is 0 Å². The van der Waals surface area contributed by atoms with Crippen molar-refractivity contribution >= 4 is 27.4 Å². The highest BCUT2D eigenvalue weighted by Gasteiger charge is 2.36. The van der Waals surface area contributed by atoms with E-state index in [9.17, 15) is 0 Å². The van der Waals surface area contributed by atoms with Gasteiger partial charge in [-0.15, -0.1) is 11.3 Å². The molecule has 32 heavy (non-hydrogen) atoms. The molecule has 0 radical (unpaired) electrons. The number of methoxy groups -OCH3 is 2. The van der Waals surface area contributed by atoms with Crippen molar-refractivity contribution in [2.75, 3.05) is 25.7 Å². The third-order valence-corrected chi connectivity index (χ3v) is 7.82. The molecule has 1 aliphatic carbocycles. The monoisotopic (exact) mass is 445 g/mol. The van der Waals surface area contributed by atoms with Crippen LogP contribution in [0.3, 0.4) is 0 Å². The van der Waals surface area contributed by atoms with Crippen molar-refractivity contribution in [1.29, 1.82) is 0 Å². The molecule has 0 amide bonds. The fourth-order valence-electron chi connectivity index (χ4n) is 5.47. The van der Waals surface area contributed by atoms with Crippen LogP contribution in [0.4, 0.5) is 5.13 Å². The van der Waals surface area contributed by atoms with E-state index >= 15 is 0 Å². The van der Waals surface area contributed by atoms with Crippen molar-refractivity contribution < 1.29 is 9.47 Å². The normalized spacial score (nSPS) is 17.5. The molecule has 5 nitrogen and oxygen atoms in total. The Kier molecular flexibility index (Phi) is 4.65. The number of nitrogens with zero attached hydrogens (tertiary/aromatic N) is 3. The molecule has 2 aliphatic rings. The van der Waals surface area contributed by atoms with Gasteiger partial charge in [0.05, 0.1) is 26.0 Å². The van der Waals surface area contributed by atoms with Crippen LogP contribution in [-0.2, 0) is 13.0 Å². The van der Waals surface area contributed by atoms with Crippen LogP contribution in [0.15, 0.2) is 41.8 Å². The molecule has 0 N–H and O–H groups in total. The molecule has 2 aromatic heterocycles. The van der Waals surface area contributed by atoms with E-state index in [0.717, 1.165) is 41.0 Å². The van der Waals surface area contributed by atoms with Crippen molar-refractivity contribution in [3.05, 3.63) is 58.6 Å². The van der Waals surface area contributed by atoms with Gasteiger partial charge >= 0.3 is 0 Å². The van der Waals surface area contributed by atoms with Crippen LogP contribution < -0.4 is 14.4 Å². The summed E-state index contributed by atoms with van der Waals surface area (Å²) in [5, 5.41) is 4.73. The second-order valence-electron chi connectivity index (χ2n) is 8.72. The third-order valence-electron chi connectivity index (χ3n) is 6.95. The van der Waals surface area contributed by atoms with Crippen molar-refractivity contribution in [2.45, 2.75) is 38.8 Å². The quantitative estimate of drug-likeness (QED) is 0.387. The number of hydrogen-bond donors (Lipinski definition) is 0. The number of aromatic nitrogens is 2. The lowest BCUT2D eigenvalue weighted by Gasteiger charge is -2.39. The molecular weight excluding hydrogens is 418 g/mol. The molecule has 0 spiro atoms. The molecule has 0 bridgehead atoms. The van der Waals surface area contributed by atoms with E-state index in [1.54, 1.807) is 31.1 Å². The van der Waals surface area contributed by atoms with Gasteiger partial charge in [-0.05, 0) is 62.1 Å². The molecule has 2 aromatic carbocycles. The molecular formula is C26H27N3O2S. The summed E-state index contributed by atoms with van der Waals surface area (Å²) in [5.41, 5.74) is 7.86. The standard InChI is InChI=1S/C26H27N3O2S/c1-16-7-9-21-19(13-16)18-5-4-6-22-25(18)28(21)11-12-29(22)26-27-20(15-32-26)17-8-10-23(30-2)24(14-17)31-3/h7-10,13-15,22H,4-6,11-12H2,1-3H3. The number of benzene rings is 2. The maximum Gasteiger partial charge on any atom is 0.186 e. The van der Waals surface area contributed by atoms with E-state index in [1.807, 2.05) is 12.1 Å². The van der Waals surface area contributed by atoms with E-state index in [-0.39, 0.29) is 0 Å². The van der Waals surface area contributed by atoms with Gasteiger partial charge < -0.3 is 18.9 Å². The summed E-state index contributed by atoms with van der Waals surface area (Å²) in [4.78, 5) is 7.61. The Morgan fingerprint density at radius 1 is 1.03 bits per heavy atom. The minimum atomic E-state index is 0.407. The zero-order chi connectivity index (χ0) is 21.8. The van der Waals surface area contributed by atoms with E-state index in [1.165, 1.54) is 41.4 Å². The first-order valence-electron chi connectivity index (χ1n) is 11.2. The molecule has 164 valence electrons. The Morgan fingerprint density at radius 3 is 2.75 bits per heavy atom.